The monoisotopic (exact) mass is 187 g/mol. The highest BCUT2D eigenvalue weighted by Gasteiger charge is 2.17. The lowest BCUT2D eigenvalue weighted by Gasteiger charge is -2.19. The molecule has 0 saturated heterocycles. The Kier molecular flexibility index (Phi) is 5.71. The average Bonchev–Trinajstić information content (AvgIpc) is 2.11. The standard InChI is InChI=1S/C10H21NO2/c1-8(2)6-7-9(3)10(12)11(4)13-5/h8-9H,6-7H2,1-5H3. The molecular weight excluding hydrogens is 166 g/mol. The van der Waals surface area contributed by atoms with Gasteiger partial charge in [-0.1, -0.05) is 27.2 Å². The Morgan fingerprint density at radius 3 is 2.23 bits per heavy atom. The third kappa shape index (κ3) is 4.88. The highest BCUT2D eigenvalue weighted by atomic mass is 16.7. The Morgan fingerprint density at radius 1 is 1.31 bits per heavy atom. The van der Waals surface area contributed by atoms with Crippen LogP contribution in [-0.2, 0) is 9.63 Å². The predicted octanol–water partition coefficient (Wildman–Crippen LogP) is 2.08. The van der Waals surface area contributed by atoms with Crippen LogP contribution in [0.15, 0.2) is 0 Å². The fourth-order valence-electron chi connectivity index (χ4n) is 1.11. The van der Waals surface area contributed by atoms with Gasteiger partial charge in [-0.25, -0.2) is 5.06 Å². The second-order valence-corrected chi connectivity index (χ2v) is 3.89. The van der Waals surface area contributed by atoms with E-state index in [0.717, 1.165) is 12.8 Å². The van der Waals surface area contributed by atoms with E-state index < -0.39 is 0 Å². The molecule has 3 heteroatoms. The van der Waals surface area contributed by atoms with Gasteiger partial charge in [0, 0.05) is 13.0 Å². The first-order valence-electron chi connectivity index (χ1n) is 4.80. The van der Waals surface area contributed by atoms with Gasteiger partial charge in [0.15, 0.2) is 0 Å². The third-order valence-corrected chi connectivity index (χ3v) is 2.18. The van der Waals surface area contributed by atoms with E-state index in [1.54, 1.807) is 7.05 Å². The summed E-state index contributed by atoms with van der Waals surface area (Å²) in [6.45, 7) is 6.27. The van der Waals surface area contributed by atoms with Crippen molar-refractivity contribution in [2.75, 3.05) is 14.2 Å². The highest BCUT2D eigenvalue weighted by molar-refractivity contribution is 5.77. The molecule has 0 aliphatic carbocycles. The van der Waals surface area contributed by atoms with Gasteiger partial charge in [-0.15, -0.1) is 0 Å². The first-order valence-corrected chi connectivity index (χ1v) is 4.80. The van der Waals surface area contributed by atoms with Crippen LogP contribution < -0.4 is 0 Å². The lowest BCUT2D eigenvalue weighted by Crippen LogP contribution is -2.30. The van der Waals surface area contributed by atoms with E-state index in [1.807, 2.05) is 6.92 Å². The van der Waals surface area contributed by atoms with Crippen molar-refractivity contribution < 1.29 is 9.63 Å². The largest absolute Gasteiger partial charge is 0.275 e. The van der Waals surface area contributed by atoms with Gasteiger partial charge in [-0.3, -0.25) is 9.63 Å². The molecule has 3 nitrogen and oxygen atoms in total. The van der Waals surface area contributed by atoms with Gasteiger partial charge in [-0.2, -0.15) is 0 Å². The first kappa shape index (κ1) is 12.4. The van der Waals surface area contributed by atoms with Crippen molar-refractivity contribution >= 4 is 5.91 Å². The maximum absolute atomic E-state index is 11.5. The Labute approximate surface area is 81.0 Å². The van der Waals surface area contributed by atoms with Gasteiger partial charge in [0.2, 0.25) is 5.91 Å². The number of carbonyl (C=O) groups excluding carboxylic acids is 1. The molecule has 13 heavy (non-hydrogen) atoms. The lowest BCUT2D eigenvalue weighted by molar-refractivity contribution is -0.173. The Balaban J connectivity index is 3.82. The summed E-state index contributed by atoms with van der Waals surface area (Å²) < 4.78 is 0. The van der Waals surface area contributed by atoms with E-state index in [0.29, 0.717) is 5.92 Å². The van der Waals surface area contributed by atoms with Crippen molar-refractivity contribution in [3.63, 3.8) is 0 Å². The molecule has 0 spiro atoms. The fourth-order valence-corrected chi connectivity index (χ4v) is 1.11. The zero-order chi connectivity index (χ0) is 10.4. The second kappa shape index (κ2) is 5.97. The van der Waals surface area contributed by atoms with E-state index >= 15 is 0 Å². The van der Waals surface area contributed by atoms with Crippen molar-refractivity contribution in [1.82, 2.24) is 5.06 Å². The first-order chi connectivity index (χ1) is 5.99. The summed E-state index contributed by atoms with van der Waals surface area (Å²) in [5, 5.41) is 1.30. The quantitative estimate of drug-likeness (QED) is 0.617. The molecule has 0 aromatic carbocycles. The van der Waals surface area contributed by atoms with E-state index in [-0.39, 0.29) is 11.8 Å². The summed E-state index contributed by atoms with van der Waals surface area (Å²) in [6.07, 6.45) is 2.02. The number of hydroxylamine groups is 2. The lowest BCUT2D eigenvalue weighted by atomic mass is 9.99. The smallest absolute Gasteiger partial charge is 0.248 e. The maximum atomic E-state index is 11.5. The SMILES string of the molecule is CON(C)C(=O)C(C)CCC(C)C. The fraction of sp³-hybridized carbons (Fsp3) is 0.900. The molecule has 0 rings (SSSR count). The summed E-state index contributed by atoms with van der Waals surface area (Å²) >= 11 is 0. The number of rotatable bonds is 5. The Bertz CT molecular complexity index is 157. The van der Waals surface area contributed by atoms with Crippen LogP contribution in [0.2, 0.25) is 0 Å². The minimum absolute atomic E-state index is 0.0585. The molecule has 0 heterocycles. The van der Waals surface area contributed by atoms with Gasteiger partial charge in [0.25, 0.3) is 0 Å². The van der Waals surface area contributed by atoms with Crippen LogP contribution in [0.1, 0.15) is 33.6 Å². The number of hydrogen-bond donors (Lipinski definition) is 0. The molecule has 78 valence electrons. The van der Waals surface area contributed by atoms with E-state index in [2.05, 4.69) is 13.8 Å². The molecule has 1 atom stereocenters. The molecule has 0 radical (unpaired) electrons. The van der Waals surface area contributed by atoms with Crippen LogP contribution in [0.4, 0.5) is 0 Å². The minimum atomic E-state index is 0.0585. The van der Waals surface area contributed by atoms with Gasteiger partial charge in [0.05, 0.1) is 7.11 Å². The van der Waals surface area contributed by atoms with Crippen molar-refractivity contribution in [3.8, 4) is 0 Å². The van der Waals surface area contributed by atoms with Crippen molar-refractivity contribution in [2.24, 2.45) is 11.8 Å². The van der Waals surface area contributed by atoms with Gasteiger partial charge in [-0.05, 0) is 12.3 Å². The summed E-state index contributed by atoms with van der Waals surface area (Å²) in [6, 6.07) is 0. The van der Waals surface area contributed by atoms with Crippen LogP contribution in [0.25, 0.3) is 0 Å². The highest BCUT2D eigenvalue weighted by Crippen LogP contribution is 2.13. The molecule has 0 fully saturated rings. The molecule has 0 saturated carbocycles. The van der Waals surface area contributed by atoms with Crippen LogP contribution in [0.3, 0.4) is 0 Å². The Morgan fingerprint density at radius 2 is 1.85 bits per heavy atom. The molecule has 0 aliphatic rings. The number of nitrogens with zero attached hydrogens (tertiary/aromatic N) is 1. The molecule has 1 unspecified atom stereocenters. The van der Waals surface area contributed by atoms with Gasteiger partial charge >= 0.3 is 0 Å². The van der Waals surface area contributed by atoms with E-state index in [4.69, 9.17) is 4.84 Å². The van der Waals surface area contributed by atoms with Crippen LogP contribution in [0, 0.1) is 11.8 Å². The number of hydrogen-bond acceptors (Lipinski definition) is 2. The van der Waals surface area contributed by atoms with Crippen LogP contribution in [0.5, 0.6) is 0 Å². The van der Waals surface area contributed by atoms with E-state index in [9.17, 15) is 4.79 Å². The maximum Gasteiger partial charge on any atom is 0.248 e. The Hall–Kier alpha value is -0.570. The number of amides is 1. The summed E-state index contributed by atoms with van der Waals surface area (Å²) in [5.74, 6) is 0.776. The zero-order valence-electron chi connectivity index (χ0n) is 9.33. The van der Waals surface area contributed by atoms with Crippen molar-refractivity contribution in [3.05, 3.63) is 0 Å². The zero-order valence-corrected chi connectivity index (χ0v) is 9.33. The molecule has 0 N–H and O–H groups in total. The summed E-state index contributed by atoms with van der Waals surface area (Å²) in [4.78, 5) is 16.3. The molecular formula is C10H21NO2. The van der Waals surface area contributed by atoms with Crippen molar-refractivity contribution in [2.45, 2.75) is 33.6 Å². The molecule has 0 aromatic rings. The predicted molar refractivity (Wildman–Crippen MR) is 53.0 cm³/mol. The summed E-state index contributed by atoms with van der Waals surface area (Å²) in [7, 11) is 3.15. The third-order valence-electron chi connectivity index (χ3n) is 2.18. The second-order valence-electron chi connectivity index (χ2n) is 3.89. The van der Waals surface area contributed by atoms with Crippen molar-refractivity contribution in [1.29, 1.82) is 0 Å². The van der Waals surface area contributed by atoms with Gasteiger partial charge in [0.1, 0.15) is 0 Å². The molecule has 1 amide bonds. The topological polar surface area (TPSA) is 29.5 Å². The van der Waals surface area contributed by atoms with E-state index in [1.165, 1.54) is 12.2 Å². The normalized spacial score (nSPS) is 13.1. The average molecular weight is 187 g/mol. The van der Waals surface area contributed by atoms with Crippen LogP contribution in [-0.4, -0.2) is 25.1 Å². The summed E-state index contributed by atoms with van der Waals surface area (Å²) in [5.41, 5.74) is 0. The molecule has 0 aromatic heterocycles. The molecule has 0 aliphatic heterocycles. The van der Waals surface area contributed by atoms with Gasteiger partial charge < -0.3 is 0 Å². The van der Waals surface area contributed by atoms with Crippen LogP contribution >= 0.6 is 0 Å². The number of carbonyl (C=O) groups is 1. The minimum Gasteiger partial charge on any atom is -0.275 e. The molecule has 0 bridgehead atoms.